The summed E-state index contributed by atoms with van der Waals surface area (Å²) in [5.74, 6) is 1.92. The third kappa shape index (κ3) is 3.35. The van der Waals surface area contributed by atoms with E-state index in [1.165, 1.54) is 24.3 Å². The van der Waals surface area contributed by atoms with Crippen LogP contribution in [0.3, 0.4) is 0 Å². The molecule has 1 aromatic carbocycles. The van der Waals surface area contributed by atoms with Gasteiger partial charge in [0.15, 0.2) is 0 Å². The fraction of sp³-hybridized carbons (Fsp3) is 0.333. The summed E-state index contributed by atoms with van der Waals surface area (Å²) in [6, 6.07) is 5.92. The number of benzene rings is 1. The Morgan fingerprint density at radius 2 is 1.84 bits per heavy atom. The first-order chi connectivity index (χ1) is 9.11. The predicted octanol–water partition coefficient (Wildman–Crippen LogP) is 1.87. The van der Waals surface area contributed by atoms with Gasteiger partial charge in [-0.15, -0.1) is 6.42 Å². The Labute approximate surface area is 112 Å². The van der Waals surface area contributed by atoms with Crippen molar-refractivity contribution in [2.24, 2.45) is 5.92 Å². The summed E-state index contributed by atoms with van der Waals surface area (Å²) in [5, 5.41) is 8.81. The van der Waals surface area contributed by atoms with Crippen LogP contribution < -0.4 is 0 Å². The first-order valence-corrected chi connectivity index (χ1v) is 6.18. The Hall–Kier alpha value is -2.28. The van der Waals surface area contributed by atoms with E-state index < -0.39 is 5.97 Å². The number of carbonyl (C=O) groups excluding carboxylic acids is 1. The molecule has 0 saturated heterocycles. The van der Waals surface area contributed by atoms with Crippen molar-refractivity contribution < 1.29 is 14.7 Å². The van der Waals surface area contributed by atoms with Crippen LogP contribution in [0.15, 0.2) is 24.3 Å². The number of carboxylic acid groups (broad SMARTS) is 1. The quantitative estimate of drug-likeness (QED) is 0.819. The third-order valence-electron chi connectivity index (χ3n) is 3.12. The van der Waals surface area contributed by atoms with Gasteiger partial charge in [-0.25, -0.2) is 4.79 Å². The molecule has 0 spiro atoms. The normalized spacial score (nSPS) is 13.6. The van der Waals surface area contributed by atoms with Gasteiger partial charge in [0.2, 0.25) is 0 Å². The molecule has 1 fully saturated rings. The van der Waals surface area contributed by atoms with E-state index in [1.807, 2.05) is 0 Å². The first-order valence-electron chi connectivity index (χ1n) is 6.18. The van der Waals surface area contributed by atoms with Crippen molar-refractivity contribution in [2.45, 2.75) is 12.8 Å². The summed E-state index contributed by atoms with van der Waals surface area (Å²) >= 11 is 0. The monoisotopic (exact) mass is 257 g/mol. The lowest BCUT2D eigenvalue weighted by atomic mass is 10.1. The number of nitrogens with zero attached hydrogens (tertiary/aromatic N) is 1. The zero-order chi connectivity index (χ0) is 13.8. The highest BCUT2D eigenvalue weighted by molar-refractivity contribution is 5.96. The van der Waals surface area contributed by atoms with E-state index in [-0.39, 0.29) is 18.0 Å². The molecular weight excluding hydrogens is 242 g/mol. The Morgan fingerprint density at radius 3 is 2.32 bits per heavy atom. The number of hydrogen-bond acceptors (Lipinski definition) is 2. The average Bonchev–Trinajstić information content (AvgIpc) is 3.21. The van der Waals surface area contributed by atoms with Gasteiger partial charge in [-0.1, -0.05) is 5.92 Å². The molecule has 1 amide bonds. The molecule has 0 unspecified atom stereocenters. The van der Waals surface area contributed by atoms with Crippen LogP contribution in [0.1, 0.15) is 33.6 Å². The fourth-order valence-electron chi connectivity index (χ4n) is 1.88. The molecule has 1 aromatic rings. The van der Waals surface area contributed by atoms with E-state index in [1.54, 1.807) is 4.90 Å². The van der Waals surface area contributed by atoms with Crippen LogP contribution in [0.2, 0.25) is 0 Å². The largest absolute Gasteiger partial charge is 0.478 e. The van der Waals surface area contributed by atoms with E-state index in [0.717, 1.165) is 12.8 Å². The Kier molecular flexibility index (Phi) is 3.86. The lowest BCUT2D eigenvalue weighted by molar-refractivity contribution is 0.0694. The lowest BCUT2D eigenvalue weighted by Gasteiger charge is -2.20. The van der Waals surface area contributed by atoms with Gasteiger partial charge in [0.25, 0.3) is 5.91 Å². The van der Waals surface area contributed by atoms with Crippen molar-refractivity contribution in [1.82, 2.24) is 4.90 Å². The van der Waals surface area contributed by atoms with Gasteiger partial charge in [0.1, 0.15) is 0 Å². The predicted molar refractivity (Wildman–Crippen MR) is 70.9 cm³/mol. The summed E-state index contributed by atoms with van der Waals surface area (Å²) in [6.45, 7) is 0.972. The maximum Gasteiger partial charge on any atom is 0.335 e. The lowest BCUT2D eigenvalue weighted by Crippen LogP contribution is -2.33. The SMILES string of the molecule is C#CCN(CC1CC1)C(=O)c1ccc(C(=O)O)cc1. The standard InChI is InChI=1S/C15H15NO3/c1-2-9-16(10-11-3-4-11)14(17)12-5-7-13(8-6-12)15(18)19/h1,5-8,11H,3-4,9-10H2,(H,18,19). The molecule has 1 aliphatic rings. The second-order valence-electron chi connectivity index (χ2n) is 4.72. The van der Waals surface area contributed by atoms with Crippen LogP contribution in [0.25, 0.3) is 0 Å². The molecule has 19 heavy (non-hydrogen) atoms. The highest BCUT2D eigenvalue weighted by atomic mass is 16.4. The molecule has 1 N–H and O–H groups in total. The van der Waals surface area contributed by atoms with E-state index in [9.17, 15) is 9.59 Å². The van der Waals surface area contributed by atoms with Crippen molar-refractivity contribution in [3.05, 3.63) is 35.4 Å². The minimum atomic E-state index is -1.00. The Balaban J connectivity index is 2.11. The minimum Gasteiger partial charge on any atom is -0.478 e. The first kappa shape index (κ1) is 13.2. The molecule has 0 radical (unpaired) electrons. The van der Waals surface area contributed by atoms with Crippen LogP contribution in [0.4, 0.5) is 0 Å². The Morgan fingerprint density at radius 1 is 1.26 bits per heavy atom. The zero-order valence-corrected chi connectivity index (χ0v) is 10.5. The average molecular weight is 257 g/mol. The molecule has 0 atom stereocenters. The summed E-state index contributed by atoms with van der Waals surface area (Å²) in [4.78, 5) is 24.7. The fourth-order valence-corrected chi connectivity index (χ4v) is 1.88. The number of carbonyl (C=O) groups is 2. The summed E-state index contributed by atoms with van der Waals surface area (Å²) in [7, 11) is 0. The molecule has 98 valence electrons. The molecule has 1 aliphatic carbocycles. The van der Waals surface area contributed by atoms with Gasteiger partial charge >= 0.3 is 5.97 Å². The molecule has 0 bridgehead atoms. The molecular formula is C15H15NO3. The number of aromatic carboxylic acids is 1. The van der Waals surface area contributed by atoms with Crippen molar-refractivity contribution >= 4 is 11.9 Å². The topological polar surface area (TPSA) is 57.6 Å². The van der Waals surface area contributed by atoms with Crippen molar-refractivity contribution in [1.29, 1.82) is 0 Å². The summed E-state index contributed by atoms with van der Waals surface area (Å²) in [6.07, 6.45) is 7.57. The smallest absolute Gasteiger partial charge is 0.335 e. The Bertz CT molecular complexity index is 523. The molecule has 4 heteroatoms. The second kappa shape index (κ2) is 5.57. The van der Waals surface area contributed by atoms with Gasteiger partial charge in [0.05, 0.1) is 12.1 Å². The van der Waals surface area contributed by atoms with Crippen LogP contribution in [0.5, 0.6) is 0 Å². The molecule has 0 heterocycles. The van der Waals surface area contributed by atoms with Crippen molar-refractivity contribution in [3.8, 4) is 12.3 Å². The van der Waals surface area contributed by atoms with E-state index in [2.05, 4.69) is 5.92 Å². The molecule has 0 aliphatic heterocycles. The maximum atomic E-state index is 12.3. The number of amides is 1. The van der Waals surface area contributed by atoms with Crippen molar-refractivity contribution in [3.63, 3.8) is 0 Å². The maximum absolute atomic E-state index is 12.3. The third-order valence-corrected chi connectivity index (χ3v) is 3.12. The van der Waals surface area contributed by atoms with Gasteiger partial charge in [-0.05, 0) is 43.0 Å². The van der Waals surface area contributed by atoms with Gasteiger partial charge in [0, 0.05) is 12.1 Å². The highest BCUT2D eigenvalue weighted by Gasteiger charge is 2.26. The van der Waals surface area contributed by atoms with E-state index in [0.29, 0.717) is 18.0 Å². The summed E-state index contributed by atoms with van der Waals surface area (Å²) < 4.78 is 0. The van der Waals surface area contributed by atoms with Crippen LogP contribution in [-0.2, 0) is 0 Å². The van der Waals surface area contributed by atoms with Crippen LogP contribution in [-0.4, -0.2) is 35.0 Å². The number of hydrogen-bond donors (Lipinski definition) is 1. The molecule has 4 nitrogen and oxygen atoms in total. The highest BCUT2D eigenvalue weighted by Crippen LogP contribution is 2.30. The van der Waals surface area contributed by atoms with Crippen LogP contribution >= 0.6 is 0 Å². The molecule has 2 rings (SSSR count). The van der Waals surface area contributed by atoms with E-state index >= 15 is 0 Å². The van der Waals surface area contributed by atoms with Crippen molar-refractivity contribution in [2.75, 3.05) is 13.1 Å². The number of rotatable bonds is 5. The second-order valence-corrected chi connectivity index (χ2v) is 4.72. The van der Waals surface area contributed by atoms with Gasteiger partial charge in [-0.3, -0.25) is 4.79 Å². The number of carboxylic acids is 1. The van der Waals surface area contributed by atoms with Crippen LogP contribution in [0, 0.1) is 18.3 Å². The van der Waals surface area contributed by atoms with Gasteiger partial charge in [-0.2, -0.15) is 0 Å². The minimum absolute atomic E-state index is 0.137. The molecule has 1 saturated carbocycles. The number of terminal acetylenes is 1. The molecule has 0 aromatic heterocycles. The summed E-state index contributed by atoms with van der Waals surface area (Å²) in [5.41, 5.74) is 0.642. The zero-order valence-electron chi connectivity index (χ0n) is 10.5. The van der Waals surface area contributed by atoms with Gasteiger partial charge < -0.3 is 10.0 Å². The van der Waals surface area contributed by atoms with E-state index in [4.69, 9.17) is 11.5 Å².